The van der Waals surface area contributed by atoms with Gasteiger partial charge in [-0.2, -0.15) is 0 Å². The second-order valence-electron chi connectivity index (χ2n) is 5.52. The van der Waals surface area contributed by atoms with Crippen LogP contribution in [0.5, 0.6) is 11.5 Å². The summed E-state index contributed by atoms with van der Waals surface area (Å²) in [4.78, 5) is 20.6. The lowest BCUT2D eigenvalue weighted by Crippen LogP contribution is -2.41. The summed E-state index contributed by atoms with van der Waals surface area (Å²) in [5, 5.41) is 3.48. The van der Waals surface area contributed by atoms with E-state index in [-0.39, 0.29) is 17.8 Å². The van der Waals surface area contributed by atoms with Crippen LogP contribution in [-0.4, -0.2) is 40.9 Å². The maximum Gasteiger partial charge on any atom is 0.230 e. The maximum atomic E-state index is 12.0. The van der Waals surface area contributed by atoms with Crippen molar-refractivity contribution in [3.8, 4) is 11.5 Å². The number of hydrogen-bond acceptors (Lipinski definition) is 6. The highest BCUT2D eigenvalue weighted by atomic mass is 32.2. The Bertz CT molecular complexity index is 719. The number of aromatic nitrogens is 2. The highest BCUT2D eigenvalue weighted by Gasteiger charge is 2.21. The van der Waals surface area contributed by atoms with Gasteiger partial charge in [-0.1, -0.05) is 23.9 Å². The van der Waals surface area contributed by atoms with Gasteiger partial charge >= 0.3 is 0 Å². The summed E-state index contributed by atoms with van der Waals surface area (Å²) in [7, 11) is 0. The van der Waals surface area contributed by atoms with Crippen LogP contribution < -0.4 is 14.8 Å². The van der Waals surface area contributed by atoms with Crippen LogP contribution in [0.3, 0.4) is 0 Å². The van der Waals surface area contributed by atoms with Gasteiger partial charge in [-0.05, 0) is 32.0 Å². The molecule has 1 aromatic carbocycles. The first-order valence-corrected chi connectivity index (χ1v) is 8.69. The molecular weight excluding hydrogens is 326 g/mol. The van der Waals surface area contributed by atoms with E-state index in [0.717, 1.165) is 17.1 Å². The summed E-state index contributed by atoms with van der Waals surface area (Å²) in [5.74, 6) is 1.64. The molecule has 0 saturated heterocycles. The van der Waals surface area contributed by atoms with Gasteiger partial charge in [0.2, 0.25) is 5.91 Å². The fraction of sp³-hybridized carbons (Fsp3) is 0.353. The van der Waals surface area contributed by atoms with Crippen molar-refractivity contribution in [2.45, 2.75) is 25.1 Å². The van der Waals surface area contributed by atoms with Gasteiger partial charge in [0.1, 0.15) is 12.7 Å². The molecule has 1 aliphatic heterocycles. The third kappa shape index (κ3) is 4.38. The van der Waals surface area contributed by atoms with Gasteiger partial charge < -0.3 is 14.8 Å². The number of benzene rings is 1. The Morgan fingerprint density at radius 2 is 1.96 bits per heavy atom. The van der Waals surface area contributed by atoms with Gasteiger partial charge in [0.15, 0.2) is 16.7 Å². The lowest BCUT2D eigenvalue weighted by molar-refractivity contribution is -0.119. The quantitative estimate of drug-likeness (QED) is 0.661. The van der Waals surface area contributed by atoms with Crippen LogP contribution in [0.1, 0.15) is 11.4 Å². The number of nitrogens with one attached hydrogen (secondary N) is 1. The normalized spacial score (nSPS) is 15.8. The smallest absolute Gasteiger partial charge is 0.230 e. The number of para-hydroxylation sites is 2. The summed E-state index contributed by atoms with van der Waals surface area (Å²) >= 11 is 1.33. The minimum Gasteiger partial charge on any atom is -0.486 e. The first-order valence-electron chi connectivity index (χ1n) is 7.70. The third-order valence-corrected chi connectivity index (χ3v) is 4.24. The Morgan fingerprint density at radius 3 is 2.71 bits per heavy atom. The molecule has 126 valence electrons. The molecule has 0 aliphatic carbocycles. The number of carbonyl (C=O) groups excluding carboxylic acids is 1. The lowest BCUT2D eigenvalue weighted by Gasteiger charge is -2.26. The molecule has 1 aromatic heterocycles. The summed E-state index contributed by atoms with van der Waals surface area (Å²) in [6.45, 7) is 4.65. The molecular formula is C17H19N3O3S. The van der Waals surface area contributed by atoms with Crippen LogP contribution in [-0.2, 0) is 4.79 Å². The SMILES string of the molecule is Cc1cc(C)nc(SCC(=O)NC[C@H]2COc3ccccc3O2)n1. The Hall–Kier alpha value is -2.28. The van der Waals surface area contributed by atoms with Crippen LogP contribution >= 0.6 is 11.8 Å². The molecule has 2 heterocycles. The summed E-state index contributed by atoms with van der Waals surface area (Å²) in [5.41, 5.74) is 1.80. The Balaban J connectivity index is 1.45. The lowest BCUT2D eigenvalue weighted by atomic mass is 10.2. The molecule has 0 spiro atoms. The van der Waals surface area contributed by atoms with Crippen molar-refractivity contribution < 1.29 is 14.3 Å². The summed E-state index contributed by atoms with van der Waals surface area (Å²) in [6.07, 6.45) is -0.189. The monoisotopic (exact) mass is 345 g/mol. The van der Waals surface area contributed by atoms with Crippen LogP contribution in [0.25, 0.3) is 0 Å². The first-order chi connectivity index (χ1) is 11.6. The molecule has 0 fully saturated rings. The van der Waals surface area contributed by atoms with Gasteiger partial charge in [0.25, 0.3) is 0 Å². The van der Waals surface area contributed by atoms with Crippen LogP contribution in [0.4, 0.5) is 0 Å². The Labute approximate surface area is 145 Å². The zero-order valence-electron chi connectivity index (χ0n) is 13.6. The van der Waals surface area contributed by atoms with Crippen molar-refractivity contribution in [1.29, 1.82) is 0 Å². The van der Waals surface area contributed by atoms with Crippen LogP contribution in [0, 0.1) is 13.8 Å². The number of carbonyl (C=O) groups is 1. The van der Waals surface area contributed by atoms with E-state index in [1.54, 1.807) is 0 Å². The molecule has 24 heavy (non-hydrogen) atoms. The van der Waals surface area contributed by atoms with E-state index in [9.17, 15) is 4.79 Å². The molecule has 0 radical (unpaired) electrons. The molecule has 1 atom stereocenters. The van der Waals surface area contributed by atoms with Gasteiger partial charge in [0, 0.05) is 11.4 Å². The van der Waals surface area contributed by atoms with Crippen molar-refractivity contribution in [3.05, 3.63) is 41.7 Å². The largest absolute Gasteiger partial charge is 0.486 e. The third-order valence-electron chi connectivity index (χ3n) is 3.39. The average molecular weight is 345 g/mol. The van der Waals surface area contributed by atoms with E-state index >= 15 is 0 Å². The van der Waals surface area contributed by atoms with Crippen LogP contribution in [0.15, 0.2) is 35.5 Å². The van der Waals surface area contributed by atoms with Crippen LogP contribution in [0.2, 0.25) is 0 Å². The highest BCUT2D eigenvalue weighted by molar-refractivity contribution is 7.99. The summed E-state index contributed by atoms with van der Waals surface area (Å²) < 4.78 is 11.4. The fourth-order valence-corrected chi connectivity index (χ4v) is 3.11. The molecule has 2 aromatic rings. The zero-order valence-corrected chi connectivity index (χ0v) is 14.4. The number of rotatable bonds is 5. The molecule has 1 amide bonds. The topological polar surface area (TPSA) is 73.3 Å². The maximum absolute atomic E-state index is 12.0. The molecule has 7 heteroatoms. The van der Waals surface area contributed by atoms with E-state index in [2.05, 4.69) is 15.3 Å². The standard InChI is InChI=1S/C17H19N3O3S/c1-11-7-12(2)20-17(19-11)24-10-16(21)18-8-13-9-22-14-5-3-4-6-15(14)23-13/h3-7,13H,8-10H2,1-2H3,(H,18,21)/t13-/m0/s1. The molecule has 0 unspecified atom stereocenters. The van der Waals surface area contributed by atoms with E-state index in [4.69, 9.17) is 9.47 Å². The summed E-state index contributed by atoms with van der Waals surface area (Å²) in [6, 6.07) is 9.42. The van der Waals surface area contributed by atoms with E-state index in [0.29, 0.717) is 24.1 Å². The van der Waals surface area contributed by atoms with Crippen molar-refractivity contribution in [2.75, 3.05) is 18.9 Å². The van der Waals surface area contributed by atoms with Gasteiger partial charge in [-0.15, -0.1) is 0 Å². The number of thioether (sulfide) groups is 1. The molecule has 0 bridgehead atoms. The van der Waals surface area contributed by atoms with Gasteiger partial charge in [0.05, 0.1) is 12.3 Å². The van der Waals surface area contributed by atoms with Gasteiger partial charge in [-0.25, -0.2) is 9.97 Å². The average Bonchev–Trinajstić information content (AvgIpc) is 2.57. The molecule has 0 saturated carbocycles. The number of ether oxygens (including phenoxy) is 2. The Kier molecular flexibility index (Phi) is 5.20. The second-order valence-corrected chi connectivity index (χ2v) is 6.47. The van der Waals surface area contributed by atoms with Crippen molar-refractivity contribution >= 4 is 17.7 Å². The van der Waals surface area contributed by atoms with E-state index in [1.807, 2.05) is 44.2 Å². The minimum absolute atomic E-state index is 0.0785. The molecule has 6 nitrogen and oxygen atoms in total. The zero-order chi connectivity index (χ0) is 16.9. The van der Waals surface area contributed by atoms with E-state index in [1.165, 1.54) is 11.8 Å². The number of hydrogen-bond donors (Lipinski definition) is 1. The van der Waals surface area contributed by atoms with Crippen molar-refractivity contribution in [1.82, 2.24) is 15.3 Å². The molecule has 1 aliphatic rings. The van der Waals surface area contributed by atoms with Crippen molar-refractivity contribution in [3.63, 3.8) is 0 Å². The highest BCUT2D eigenvalue weighted by Crippen LogP contribution is 2.30. The number of amides is 1. The predicted molar refractivity (Wildman–Crippen MR) is 91.6 cm³/mol. The van der Waals surface area contributed by atoms with Crippen molar-refractivity contribution in [2.24, 2.45) is 0 Å². The number of aryl methyl sites for hydroxylation is 2. The fourth-order valence-electron chi connectivity index (χ4n) is 2.33. The molecule has 1 N–H and O–H groups in total. The molecule has 3 rings (SSSR count). The van der Waals surface area contributed by atoms with E-state index < -0.39 is 0 Å². The number of fused-ring (bicyclic) bond motifs is 1. The second kappa shape index (κ2) is 7.53. The first kappa shape index (κ1) is 16.6. The predicted octanol–water partition coefficient (Wildman–Crippen LogP) is 2.14. The number of nitrogens with zero attached hydrogens (tertiary/aromatic N) is 2. The Morgan fingerprint density at radius 1 is 1.25 bits per heavy atom. The van der Waals surface area contributed by atoms with Gasteiger partial charge in [-0.3, -0.25) is 4.79 Å². The minimum atomic E-state index is -0.189.